The van der Waals surface area contributed by atoms with Crippen LogP contribution in [0.1, 0.15) is 38.8 Å². The third-order valence-corrected chi connectivity index (χ3v) is 3.63. The van der Waals surface area contributed by atoms with E-state index in [0.717, 1.165) is 18.5 Å². The first-order chi connectivity index (χ1) is 9.99. The van der Waals surface area contributed by atoms with Crippen LogP contribution in [0.4, 0.5) is 0 Å². The summed E-state index contributed by atoms with van der Waals surface area (Å²) in [6.07, 6.45) is 0.777. The van der Waals surface area contributed by atoms with Crippen molar-refractivity contribution in [2.24, 2.45) is 5.92 Å². The normalized spacial score (nSPS) is 14.2. The number of hydrogen-bond acceptors (Lipinski definition) is 3. The monoisotopic (exact) mass is 292 g/mol. The van der Waals surface area contributed by atoms with E-state index in [4.69, 9.17) is 0 Å². The molecule has 1 amide bonds. The van der Waals surface area contributed by atoms with Gasteiger partial charge in [0.25, 0.3) is 0 Å². The molecule has 0 heterocycles. The molecule has 21 heavy (non-hydrogen) atoms. The Morgan fingerprint density at radius 2 is 1.90 bits per heavy atom. The predicted molar refractivity (Wildman–Crippen MR) is 86.0 cm³/mol. The molecule has 4 heteroatoms. The second-order valence-electron chi connectivity index (χ2n) is 5.90. The Balaban J connectivity index is 2.86. The summed E-state index contributed by atoms with van der Waals surface area (Å²) in [7, 11) is 1.94. The highest BCUT2D eigenvalue weighted by Crippen LogP contribution is 2.19. The van der Waals surface area contributed by atoms with Crippen molar-refractivity contribution in [1.29, 1.82) is 0 Å². The van der Waals surface area contributed by atoms with Crippen molar-refractivity contribution in [3.05, 3.63) is 35.9 Å². The molecule has 1 aromatic carbocycles. The van der Waals surface area contributed by atoms with Crippen molar-refractivity contribution in [3.8, 4) is 0 Å². The summed E-state index contributed by atoms with van der Waals surface area (Å²) < 4.78 is 0. The van der Waals surface area contributed by atoms with E-state index in [-0.39, 0.29) is 24.6 Å². The van der Waals surface area contributed by atoms with Crippen LogP contribution in [0.15, 0.2) is 30.3 Å². The van der Waals surface area contributed by atoms with Gasteiger partial charge in [-0.15, -0.1) is 0 Å². The van der Waals surface area contributed by atoms with Gasteiger partial charge in [0, 0.05) is 0 Å². The number of benzene rings is 1. The molecule has 0 fully saturated rings. The molecular formula is C17H28N2O2. The van der Waals surface area contributed by atoms with E-state index in [9.17, 15) is 9.90 Å². The first-order valence-electron chi connectivity index (χ1n) is 7.66. The zero-order valence-electron chi connectivity index (χ0n) is 13.5. The van der Waals surface area contributed by atoms with Gasteiger partial charge in [0.2, 0.25) is 5.91 Å². The lowest BCUT2D eigenvalue weighted by molar-refractivity contribution is -0.127. The van der Waals surface area contributed by atoms with Crippen LogP contribution in [0.25, 0.3) is 0 Å². The number of hydrogen-bond donors (Lipinski definition) is 2. The number of rotatable bonds is 8. The van der Waals surface area contributed by atoms with Crippen LogP contribution < -0.4 is 5.32 Å². The number of aliphatic hydroxyl groups is 1. The molecule has 2 N–H and O–H groups in total. The molecule has 118 valence electrons. The van der Waals surface area contributed by atoms with Crippen LogP contribution in [0.2, 0.25) is 0 Å². The van der Waals surface area contributed by atoms with E-state index in [0.29, 0.717) is 5.92 Å². The lowest BCUT2D eigenvalue weighted by Crippen LogP contribution is -2.45. The van der Waals surface area contributed by atoms with Gasteiger partial charge >= 0.3 is 0 Å². The van der Waals surface area contributed by atoms with Crippen molar-refractivity contribution in [1.82, 2.24) is 10.2 Å². The first kappa shape index (κ1) is 17.7. The molecule has 0 aliphatic rings. The molecule has 0 aliphatic carbocycles. The maximum Gasteiger partial charge on any atom is 0.242 e. The zero-order valence-corrected chi connectivity index (χ0v) is 13.5. The van der Waals surface area contributed by atoms with Gasteiger partial charge in [0.05, 0.1) is 12.6 Å². The molecule has 0 saturated heterocycles. The van der Waals surface area contributed by atoms with E-state index >= 15 is 0 Å². The fourth-order valence-corrected chi connectivity index (χ4v) is 2.45. The minimum Gasteiger partial charge on any atom is -0.394 e. The smallest absolute Gasteiger partial charge is 0.242 e. The van der Waals surface area contributed by atoms with Crippen LogP contribution in [0.3, 0.4) is 0 Å². The van der Waals surface area contributed by atoms with E-state index < -0.39 is 0 Å². The molecule has 0 spiro atoms. The average molecular weight is 292 g/mol. The van der Waals surface area contributed by atoms with Crippen LogP contribution in [-0.4, -0.2) is 42.2 Å². The van der Waals surface area contributed by atoms with Crippen molar-refractivity contribution < 1.29 is 9.90 Å². The van der Waals surface area contributed by atoms with Gasteiger partial charge in [0.1, 0.15) is 6.04 Å². The van der Waals surface area contributed by atoms with Crippen LogP contribution in [0, 0.1) is 5.92 Å². The fourth-order valence-electron chi connectivity index (χ4n) is 2.45. The maximum absolute atomic E-state index is 12.6. The summed E-state index contributed by atoms with van der Waals surface area (Å²) in [6, 6.07) is 9.25. The summed E-state index contributed by atoms with van der Waals surface area (Å²) >= 11 is 0. The highest BCUT2D eigenvalue weighted by Gasteiger charge is 2.26. The molecule has 1 aromatic rings. The molecule has 0 saturated carbocycles. The Labute approximate surface area is 128 Å². The Bertz CT molecular complexity index is 420. The molecule has 0 radical (unpaired) electrons. The SMILES string of the molecule is CCN(C)C(C(=O)NC(CO)CC(C)C)c1ccccc1. The predicted octanol–water partition coefficient (Wildman–Crippen LogP) is 2.20. The topological polar surface area (TPSA) is 52.6 Å². The largest absolute Gasteiger partial charge is 0.394 e. The standard InChI is InChI=1S/C17H28N2O2/c1-5-19(4)16(14-9-7-6-8-10-14)17(21)18-15(12-20)11-13(2)3/h6-10,13,15-16,20H,5,11-12H2,1-4H3,(H,18,21). The Hall–Kier alpha value is -1.39. The Kier molecular flexibility index (Phi) is 7.40. The summed E-state index contributed by atoms with van der Waals surface area (Å²) in [5.74, 6) is 0.381. The highest BCUT2D eigenvalue weighted by atomic mass is 16.3. The zero-order chi connectivity index (χ0) is 15.8. The maximum atomic E-state index is 12.6. The van der Waals surface area contributed by atoms with E-state index in [1.54, 1.807) is 0 Å². The second-order valence-corrected chi connectivity index (χ2v) is 5.90. The lowest BCUT2D eigenvalue weighted by Gasteiger charge is -2.28. The fraction of sp³-hybridized carbons (Fsp3) is 0.588. The van der Waals surface area contributed by atoms with Crippen LogP contribution in [0.5, 0.6) is 0 Å². The number of nitrogens with zero attached hydrogens (tertiary/aromatic N) is 1. The molecule has 4 nitrogen and oxygen atoms in total. The van der Waals surface area contributed by atoms with Crippen molar-refractivity contribution >= 4 is 5.91 Å². The number of aliphatic hydroxyl groups excluding tert-OH is 1. The number of carbonyl (C=O) groups excluding carboxylic acids is 1. The average Bonchev–Trinajstić information content (AvgIpc) is 2.47. The number of nitrogens with one attached hydrogen (secondary N) is 1. The van der Waals surface area contributed by atoms with E-state index in [2.05, 4.69) is 19.2 Å². The van der Waals surface area contributed by atoms with Gasteiger partial charge in [-0.3, -0.25) is 9.69 Å². The van der Waals surface area contributed by atoms with Gasteiger partial charge < -0.3 is 10.4 Å². The first-order valence-corrected chi connectivity index (χ1v) is 7.66. The minimum absolute atomic E-state index is 0.0265. The summed E-state index contributed by atoms with van der Waals surface area (Å²) in [5.41, 5.74) is 0.973. The number of amides is 1. The van der Waals surface area contributed by atoms with Crippen molar-refractivity contribution in [2.75, 3.05) is 20.2 Å². The van der Waals surface area contributed by atoms with Gasteiger partial charge in [-0.05, 0) is 31.5 Å². The third kappa shape index (κ3) is 5.48. The lowest BCUT2D eigenvalue weighted by atomic mass is 10.0. The number of carbonyl (C=O) groups is 1. The van der Waals surface area contributed by atoms with E-state index in [1.165, 1.54) is 0 Å². The summed E-state index contributed by atoms with van der Waals surface area (Å²) in [6.45, 7) is 6.95. The third-order valence-electron chi connectivity index (χ3n) is 3.63. The molecule has 0 bridgehead atoms. The second kappa shape index (κ2) is 8.80. The van der Waals surface area contributed by atoms with Crippen LogP contribution >= 0.6 is 0 Å². The summed E-state index contributed by atoms with van der Waals surface area (Å²) in [5, 5.41) is 12.4. The molecule has 0 aliphatic heterocycles. The highest BCUT2D eigenvalue weighted by molar-refractivity contribution is 5.83. The quantitative estimate of drug-likeness (QED) is 0.772. The number of likely N-dealkylation sites (N-methyl/N-ethyl adjacent to an activating group) is 1. The van der Waals surface area contributed by atoms with Crippen molar-refractivity contribution in [2.45, 2.75) is 39.3 Å². The Morgan fingerprint density at radius 3 is 2.38 bits per heavy atom. The summed E-state index contributed by atoms with van der Waals surface area (Å²) in [4.78, 5) is 14.6. The molecule has 2 unspecified atom stereocenters. The van der Waals surface area contributed by atoms with Crippen molar-refractivity contribution in [3.63, 3.8) is 0 Å². The van der Waals surface area contributed by atoms with Gasteiger partial charge in [-0.25, -0.2) is 0 Å². The molecular weight excluding hydrogens is 264 g/mol. The van der Waals surface area contributed by atoms with E-state index in [1.807, 2.05) is 49.2 Å². The molecule has 0 aromatic heterocycles. The Morgan fingerprint density at radius 1 is 1.29 bits per heavy atom. The van der Waals surface area contributed by atoms with Gasteiger partial charge in [-0.2, -0.15) is 0 Å². The van der Waals surface area contributed by atoms with Crippen LogP contribution in [-0.2, 0) is 4.79 Å². The molecule has 1 rings (SSSR count). The van der Waals surface area contributed by atoms with Gasteiger partial charge in [0.15, 0.2) is 0 Å². The van der Waals surface area contributed by atoms with Gasteiger partial charge in [-0.1, -0.05) is 51.1 Å². The minimum atomic E-state index is -0.322. The molecule has 2 atom stereocenters.